The molecule has 0 bridgehead atoms. The molecule has 0 saturated heterocycles. The van der Waals surface area contributed by atoms with Gasteiger partial charge >= 0.3 is 12.0 Å². The van der Waals surface area contributed by atoms with E-state index in [0.717, 1.165) is 11.1 Å². The number of rotatable bonds is 11. The van der Waals surface area contributed by atoms with Gasteiger partial charge in [0.15, 0.2) is 17.6 Å². The summed E-state index contributed by atoms with van der Waals surface area (Å²) in [5.41, 5.74) is 3.63. The summed E-state index contributed by atoms with van der Waals surface area (Å²) in [6.45, 7) is 5.83. The van der Waals surface area contributed by atoms with Gasteiger partial charge in [0.05, 0.1) is 12.5 Å². The lowest BCUT2D eigenvalue weighted by atomic mass is 9.98. The Kier molecular flexibility index (Phi) is 9.94. The van der Waals surface area contributed by atoms with E-state index in [1.165, 1.54) is 0 Å². The first-order valence-corrected chi connectivity index (χ1v) is 15.2. The van der Waals surface area contributed by atoms with Crippen molar-refractivity contribution in [2.45, 2.75) is 64.6 Å². The van der Waals surface area contributed by atoms with Crippen LogP contribution in [0.1, 0.15) is 55.8 Å². The molecule has 0 aliphatic carbocycles. The standard InChI is InChI=1S/C34H38N4O8/c1-19(2)14-26(32(41)36-25(17-31(39)40)21-8-11-28-30(16-21)45-18-44-28)37-33(42)29-12-9-22-15-23(10-13-27(22)46-29)35-34(43)38-24-7-5-4-6-20(24)3/h4-8,10-11,13,15-16,19,25-26,29H,9,12,14,17-18H2,1-3H3,(H,36,41)(H,37,42)(H,39,40)(H2,35,38,43). The topological polar surface area (TPSA) is 164 Å². The van der Waals surface area contributed by atoms with Crippen molar-refractivity contribution in [3.8, 4) is 17.2 Å². The van der Waals surface area contributed by atoms with Crippen LogP contribution in [0.5, 0.6) is 17.2 Å². The Morgan fingerprint density at radius 2 is 1.67 bits per heavy atom. The zero-order valence-electron chi connectivity index (χ0n) is 25.9. The number of ether oxygens (including phenoxy) is 3. The van der Waals surface area contributed by atoms with Crippen LogP contribution in [0.15, 0.2) is 60.7 Å². The Labute approximate surface area is 266 Å². The maximum atomic E-state index is 13.5. The summed E-state index contributed by atoms with van der Waals surface area (Å²) in [5.74, 6) is -0.443. The van der Waals surface area contributed by atoms with Crippen LogP contribution in [-0.2, 0) is 20.8 Å². The van der Waals surface area contributed by atoms with Gasteiger partial charge in [0.2, 0.25) is 12.7 Å². The Balaban J connectivity index is 1.21. The molecule has 2 heterocycles. The van der Waals surface area contributed by atoms with Gasteiger partial charge in [-0.15, -0.1) is 0 Å². The van der Waals surface area contributed by atoms with Crippen LogP contribution in [0.4, 0.5) is 16.2 Å². The number of amides is 4. The number of hydrogen-bond acceptors (Lipinski definition) is 7. The molecule has 3 aromatic carbocycles. The van der Waals surface area contributed by atoms with Crippen molar-refractivity contribution < 1.29 is 38.5 Å². The summed E-state index contributed by atoms with van der Waals surface area (Å²) in [6, 6.07) is 15.6. The van der Waals surface area contributed by atoms with Gasteiger partial charge in [-0.3, -0.25) is 14.4 Å². The quantitative estimate of drug-likeness (QED) is 0.199. The number of urea groups is 1. The van der Waals surface area contributed by atoms with Gasteiger partial charge < -0.3 is 40.6 Å². The minimum atomic E-state index is -1.09. The van der Waals surface area contributed by atoms with Gasteiger partial charge in [-0.1, -0.05) is 38.1 Å². The average Bonchev–Trinajstić information content (AvgIpc) is 3.49. The molecule has 5 N–H and O–H groups in total. The van der Waals surface area contributed by atoms with Gasteiger partial charge in [0, 0.05) is 11.4 Å². The second-order valence-electron chi connectivity index (χ2n) is 11.8. The first-order valence-electron chi connectivity index (χ1n) is 15.2. The normalized spacial score (nSPS) is 16.0. The van der Waals surface area contributed by atoms with Crippen molar-refractivity contribution in [3.05, 3.63) is 77.4 Å². The van der Waals surface area contributed by atoms with Gasteiger partial charge in [0.25, 0.3) is 5.91 Å². The smallest absolute Gasteiger partial charge is 0.323 e. The molecular formula is C34H38N4O8. The Morgan fingerprint density at radius 1 is 0.913 bits per heavy atom. The van der Waals surface area contributed by atoms with E-state index in [0.29, 0.717) is 53.4 Å². The number of nitrogens with one attached hydrogen (secondary N) is 4. The molecule has 3 aromatic rings. The van der Waals surface area contributed by atoms with Crippen molar-refractivity contribution in [1.29, 1.82) is 0 Å². The Bertz CT molecular complexity index is 1620. The molecule has 2 aliphatic heterocycles. The number of carbonyl (C=O) groups is 4. The third-order valence-electron chi connectivity index (χ3n) is 7.78. The fraction of sp³-hybridized carbons (Fsp3) is 0.353. The SMILES string of the molecule is Cc1ccccc1NC(=O)Nc1ccc2c(c1)CCC(C(=O)NC(CC(C)C)C(=O)NC(CC(=O)O)c1ccc3c(c1)OCO3)O2. The van der Waals surface area contributed by atoms with Crippen LogP contribution in [-0.4, -0.2) is 47.9 Å². The zero-order chi connectivity index (χ0) is 32.8. The van der Waals surface area contributed by atoms with Crippen LogP contribution < -0.4 is 35.5 Å². The summed E-state index contributed by atoms with van der Waals surface area (Å²) >= 11 is 0. The van der Waals surface area contributed by atoms with Crippen molar-refractivity contribution >= 4 is 35.2 Å². The summed E-state index contributed by atoms with van der Waals surface area (Å²) < 4.78 is 16.8. The summed E-state index contributed by atoms with van der Waals surface area (Å²) in [4.78, 5) is 51.1. The summed E-state index contributed by atoms with van der Waals surface area (Å²) in [7, 11) is 0. The molecule has 3 atom stereocenters. The van der Waals surface area contributed by atoms with Gasteiger partial charge in [-0.05, 0) is 85.2 Å². The maximum absolute atomic E-state index is 13.5. The molecule has 2 aliphatic rings. The monoisotopic (exact) mass is 630 g/mol. The Morgan fingerprint density at radius 3 is 2.43 bits per heavy atom. The lowest BCUT2D eigenvalue weighted by molar-refractivity contribution is -0.138. The van der Waals surface area contributed by atoms with Crippen LogP contribution >= 0.6 is 0 Å². The second kappa shape index (κ2) is 14.2. The average molecular weight is 631 g/mol. The number of anilines is 2. The van der Waals surface area contributed by atoms with Crippen molar-refractivity contribution in [2.75, 3.05) is 17.4 Å². The molecule has 5 rings (SSSR count). The summed E-state index contributed by atoms with van der Waals surface area (Å²) in [6.07, 6.45) is 0.0322. The minimum Gasteiger partial charge on any atom is -0.481 e. The Hall–Kier alpha value is -5.26. The van der Waals surface area contributed by atoms with Gasteiger partial charge in [0.1, 0.15) is 11.8 Å². The molecule has 3 unspecified atom stereocenters. The van der Waals surface area contributed by atoms with E-state index in [1.54, 1.807) is 30.3 Å². The molecule has 0 saturated carbocycles. The molecule has 4 amide bonds. The first kappa shape index (κ1) is 32.1. The molecule has 0 radical (unpaired) electrons. The van der Waals surface area contributed by atoms with Crippen LogP contribution in [0.3, 0.4) is 0 Å². The summed E-state index contributed by atoms with van der Waals surface area (Å²) in [5, 5.41) is 20.9. The molecule has 46 heavy (non-hydrogen) atoms. The molecule has 242 valence electrons. The van der Waals surface area contributed by atoms with Crippen molar-refractivity contribution in [3.63, 3.8) is 0 Å². The van der Waals surface area contributed by atoms with E-state index in [4.69, 9.17) is 14.2 Å². The van der Waals surface area contributed by atoms with E-state index in [2.05, 4.69) is 21.3 Å². The van der Waals surface area contributed by atoms with Crippen LogP contribution in [0.2, 0.25) is 0 Å². The highest BCUT2D eigenvalue weighted by Crippen LogP contribution is 2.35. The number of fused-ring (bicyclic) bond motifs is 2. The van der Waals surface area contributed by atoms with E-state index in [-0.39, 0.29) is 25.2 Å². The number of carboxylic acids is 1. The fourth-order valence-corrected chi connectivity index (χ4v) is 5.45. The second-order valence-corrected chi connectivity index (χ2v) is 11.8. The molecular weight excluding hydrogens is 592 g/mol. The number of carbonyl (C=O) groups excluding carboxylic acids is 3. The number of aryl methyl sites for hydroxylation is 2. The predicted octanol–water partition coefficient (Wildman–Crippen LogP) is 4.92. The van der Waals surface area contributed by atoms with Crippen LogP contribution in [0.25, 0.3) is 0 Å². The van der Waals surface area contributed by atoms with Crippen molar-refractivity contribution in [1.82, 2.24) is 10.6 Å². The molecule has 12 nitrogen and oxygen atoms in total. The maximum Gasteiger partial charge on any atom is 0.323 e. The minimum absolute atomic E-state index is 0.0569. The fourth-order valence-electron chi connectivity index (χ4n) is 5.45. The van der Waals surface area contributed by atoms with Crippen molar-refractivity contribution in [2.24, 2.45) is 5.92 Å². The largest absolute Gasteiger partial charge is 0.481 e. The number of aliphatic carboxylic acids is 1. The van der Waals surface area contributed by atoms with Gasteiger partial charge in [-0.2, -0.15) is 0 Å². The highest BCUT2D eigenvalue weighted by molar-refractivity contribution is 6.00. The molecule has 12 heteroatoms. The van der Waals surface area contributed by atoms with E-state index in [1.807, 2.05) is 51.1 Å². The third kappa shape index (κ3) is 8.06. The van der Waals surface area contributed by atoms with E-state index < -0.39 is 36.0 Å². The van der Waals surface area contributed by atoms with E-state index in [9.17, 15) is 24.3 Å². The van der Waals surface area contributed by atoms with E-state index >= 15 is 0 Å². The first-order chi connectivity index (χ1) is 22.0. The number of carboxylic acid groups (broad SMARTS) is 1. The predicted molar refractivity (Wildman–Crippen MR) is 170 cm³/mol. The van der Waals surface area contributed by atoms with Crippen LogP contribution in [0, 0.1) is 12.8 Å². The molecule has 0 aromatic heterocycles. The molecule has 0 fully saturated rings. The lowest BCUT2D eigenvalue weighted by Gasteiger charge is -2.29. The highest BCUT2D eigenvalue weighted by Gasteiger charge is 2.32. The number of benzene rings is 3. The highest BCUT2D eigenvalue weighted by atomic mass is 16.7. The number of para-hydroxylation sites is 1. The number of hydrogen-bond donors (Lipinski definition) is 5. The van der Waals surface area contributed by atoms with Gasteiger partial charge in [-0.25, -0.2) is 4.79 Å². The zero-order valence-corrected chi connectivity index (χ0v) is 25.9. The third-order valence-corrected chi connectivity index (χ3v) is 7.78. The lowest BCUT2D eigenvalue weighted by Crippen LogP contribution is -2.52. The molecule has 0 spiro atoms.